The van der Waals surface area contributed by atoms with Crippen LogP contribution in [-0.2, 0) is 11.5 Å². The lowest BCUT2D eigenvalue weighted by molar-refractivity contribution is -0.138. The van der Waals surface area contributed by atoms with Gasteiger partial charge in [-0.2, -0.15) is 13.2 Å². The molecular weight excluding hydrogens is 282 g/mol. The van der Waals surface area contributed by atoms with Crippen molar-refractivity contribution in [3.63, 3.8) is 0 Å². The Bertz CT molecular complexity index is 351. The lowest BCUT2D eigenvalue weighted by Gasteiger charge is -2.12. The van der Waals surface area contributed by atoms with Gasteiger partial charge in [-0.25, -0.2) is 0 Å². The predicted molar refractivity (Wildman–Crippen MR) is 53.5 cm³/mol. The van der Waals surface area contributed by atoms with Crippen LogP contribution in [0.1, 0.15) is 11.1 Å². The SMILES string of the molecule is Nc1cc(C(F)(F)F)c(CBr)cc1Cl. The minimum absolute atomic E-state index is 0.0660. The average molecular weight is 288 g/mol. The first-order chi connectivity index (χ1) is 6.36. The van der Waals surface area contributed by atoms with Crippen LogP contribution in [0.15, 0.2) is 12.1 Å². The molecule has 1 nitrogen and oxygen atoms in total. The molecule has 78 valence electrons. The van der Waals surface area contributed by atoms with Gasteiger partial charge in [-0.15, -0.1) is 0 Å². The normalized spacial score (nSPS) is 11.8. The number of hydrogen-bond acceptors (Lipinski definition) is 1. The average Bonchev–Trinajstić information content (AvgIpc) is 2.07. The van der Waals surface area contributed by atoms with E-state index in [0.29, 0.717) is 0 Å². The van der Waals surface area contributed by atoms with Crippen molar-refractivity contribution in [1.29, 1.82) is 0 Å². The van der Waals surface area contributed by atoms with Gasteiger partial charge >= 0.3 is 6.18 Å². The zero-order valence-corrected chi connectivity index (χ0v) is 9.17. The Labute approximate surface area is 92.2 Å². The highest BCUT2D eigenvalue weighted by Crippen LogP contribution is 2.36. The highest BCUT2D eigenvalue weighted by molar-refractivity contribution is 9.08. The molecule has 0 aliphatic carbocycles. The van der Waals surface area contributed by atoms with Crippen molar-refractivity contribution in [3.8, 4) is 0 Å². The van der Waals surface area contributed by atoms with Crippen molar-refractivity contribution < 1.29 is 13.2 Å². The molecule has 0 saturated heterocycles. The lowest BCUT2D eigenvalue weighted by atomic mass is 10.1. The number of nitrogen functional groups attached to an aromatic ring is 1. The molecule has 0 atom stereocenters. The Morgan fingerprint density at radius 3 is 2.36 bits per heavy atom. The molecule has 0 amide bonds. The van der Waals surface area contributed by atoms with Crippen LogP contribution in [0.25, 0.3) is 0 Å². The Morgan fingerprint density at radius 1 is 1.36 bits per heavy atom. The number of rotatable bonds is 1. The molecule has 0 aromatic heterocycles. The maximum absolute atomic E-state index is 12.4. The van der Waals surface area contributed by atoms with Gasteiger partial charge in [-0.05, 0) is 17.7 Å². The minimum Gasteiger partial charge on any atom is -0.398 e. The second kappa shape index (κ2) is 3.98. The van der Waals surface area contributed by atoms with Crippen molar-refractivity contribution in [3.05, 3.63) is 28.3 Å². The summed E-state index contributed by atoms with van der Waals surface area (Å²) in [6.07, 6.45) is -4.40. The number of alkyl halides is 4. The van der Waals surface area contributed by atoms with Crippen LogP contribution in [0, 0.1) is 0 Å². The van der Waals surface area contributed by atoms with Crippen molar-refractivity contribution >= 4 is 33.2 Å². The van der Waals surface area contributed by atoms with E-state index >= 15 is 0 Å². The second-order valence-electron chi connectivity index (χ2n) is 2.66. The molecule has 1 aromatic rings. The highest BCUT2D eigenvalue weighted by atomic mass is 79.9. The molecule has 0 spiro atoms. The molecule has 0 heterocycles. The monoisotopic (exact) mass is 287 g/mol. The molecule has 0 unspecified atom stereocenters. The first-order valence-electron chi connectivity index (χ1n) is 3.57. The smallest absolute Gasteiger partial charge is 0.398 e. The summed E-state index contributed by atoms with van der Waals surface area (Å²) in [7, 11) is 0. The molecule has 0 fully saturated rings. The van der Waals surface area contributed by atoms with Gasteiger partial charge in [0.05, 0.1) is 16.3 Å². The fraction of sp³-hybridized carbons (Fsp3) is 0.250. The van der Waals surface area contributed by atoms with Gasteiger partial charge < -0.3 is 5.73 Å². The number of benzene rings is 1. The number of nitrogens with two attached hydrogens (primary N) is 1. The van der Waals surface area contributed by atoms with Crippen LogP contribution in [0.2, 0.25) is 5.02 Å². The number of hydrogen-bond donors (Lipinski definition) is 1. The summed E-state index contributed by atoms with van der Waals surface area (Å²) in [4.78, 5) is 0. The van der Waals surface area contributed by atoms with Crippen LogP contribution < -0.4 is 5.73 Å². The van der Waals surface area contributed by atoms with Gasteiger partial charge in [0.1, 0.15) is 0 Å². The van der Waals surface area contributed by atoms with Crippen molar-refractivity contribution in [2.75, 3.05) is 5.73 Å². The Balaban J connectivity index is 3.35. The number of anilines is 1. The summed E-state index contributed by atoms with van der Waals surface area (Å²) in [6.45, 7) is 0. The molecule has 0 radical (unpaired) electrons. The van der Waals surface area contributed by atoms with E-state index in [4.69, 9.17) is 17.3 Å². The molecule has 0 saturated carbocycles. The van der Waals surface area contributed by atoms with E-state index < -0.39 is 11.7 Å². The minimum atomic E-state index is -4.40. The van der Waals surface area contributed by atoms with Gasteiger partial charge in [0.25, 0.3) is 0 Å². The summed E-state index contributed by atoms with van der Waals surface area (Å²) >= 11 is 8.56. The lowest BCUT2D eigenvalue weighted by Crippen LogP contribution is -2.09. The van der Waals surface area contributed by atoms with E-state index in [-0.39, 0.29) is 21.6 Å². The molecular formula is C8H6BrClF3N. The van der Waals surface area contributed by atoms with E-state index in [9.17, 15) is 13.2 Å². The van der Waals surface area contributed by atoms with Crippen molar-refractivity contribution in [2.24, 2.45) is 0 Å². The van der Waals surface area contributed by atoms with Gasteiger partial charge in [-0.3, -0.25) is 0 Å². The second-order valence-corrected chi connectivity index (χ2v) is 3.63. The summed E-state index contributed by atoms with van der Waals surface area (Å²) in [6, 6.07) is 2.06. The fourth-order valence-corrected chi connectivity index (χ4v) is 1.66. The molecule has 6 heteroatoms. The number of halogens is 5. The zero-order chi connectivity index (χ0) is 10.9. The van der Waals surface area contributed by atoms with E-state index in [0.717, 1.165) is 6.07 Å². The predicted octanol–water partition coefficient (Wildman–Crippen LogP) is 3.84. The van der Waals surface area contributed by atoms with E-state index in [1.807, 2.05) is 0 Å². The van der Waals surface area contributed by atoms with Crippen molar-refractivity contribution in [1.82, 2.24) is 0 Å². The van der Waals surface area contributed by atoms with Crippen LogP contribution in [0.4, 0.5) is 18.9 Å². The molecule has 1 aromatic carbocycles. The quantitative estimate of drug-likeness (QED) is 0.617. The summed E-state index contributed by atoms with van der Waals surface area (Å²) in [5, 5.41) is 0.217. The summed E-state index contributed by atoms with van der Waals surface area (Å²) in [5.41, 5.74) is 4.55. The first-order valence-corrected chi connectivity index (χ1v) is 5.07. The Hall–Kier alpha value is -0.420. The molecule has 0 aliphatic rings. The first kappa shape index (κ1) is 11.7. The third kappa shape index (κ3) is 2.33. The van der Waals surface area contributed by atoms with Crippen molar-refractivity contribution in [2.45, 2.75) is 11.5 Å². The molecule has 0 aliphatic heterocycles. The van der Waals surface area contributed by atoms with Gasteiger partial charge in [0.15, 0.2) is 0 Å². The van der Waals surface area contributed by atoms with E-state index in [1.165, 1.54) is 6.07 Å². The molecule has 1 rings (SSSR count). The third-order valence-corrected chi connectivity index (χ3v) is 2.60. The summed E-state index contributed by atoms with van der Waals surface area (Å²) in [5.74, 6) is 0. The van der Waals surface area contributed by atoms with Crippen LogP contribution in [-0.4, -0.2) is 0 Å². The third-order valence-electron chi connectivity index (χ3n) is 1.67. The van der Waals surface area contributed by atoms with E-state index in [2.05, 4.69) is 15.9 Å². The maximum Gasteiger partial charge on any atom is 0.416 e. The topological polar surface area (TPSA) is 26.0 Å². The fourth-order valence-electron chi connectivity index (χ4n) is 1.01. The van der Waals surface area contributed by atoms with Gasteiger partial charge in [-0.1, -0.05) is 27.5 Å². The molecule has 2 N–H and O–H groups in total. The zero-order valence-electron chi connectivity index (χ0n) is 6.83. The van der Waals surface area contributed by atoms with Crippen LogP contribution >= 0.6 is 27.5 Å². The largest absolute Gasteiger partial charge is 0.416 e. The van der Waals surface area contributed by atoms with Gasteiger partial charge in [0, 0.05) is 5.33 Å². The van der Waals surface area contributed by atoms with Crippen LogP contribution in [0.3, 0.4) is 0 Å². The maximum atomic E-state index is 12.4. The Kier molecular flexibility index (Phi) is 3.32. The molecule has 14 heavy (non-hydrogen) atoms. The van der Waals surface area contributed by atoms with Gasteiger partial charge in [0.2, 0.25) is 0 Å². The Morgan fingerprint density at radius 2 is 1.93 bits per heavy atom. The standard InChI is InChI=1S/C8H6BrClF3N/c9-3-4-1-6(10)7(14)2-5(4)8(11,12)13/h1-2H,3,14H2. The highest BCUT2D eigenvalue weighted by Gasteiger charge is 2.33. The van der Waals surface area contributed by atoms with Crippen LogP contribution in [0.5, 0.6) is 0 Å². The van der Waals surface area contributed by atoms with E-state index in [1.54, 1.807) is 0 Å². The summed E-state index contributed by atoms with van der Waals surface area (Å²) < 4.78 is 37.3. The molecule has 0 bridgehead atoms.